The lowest BCUT2D eigenvalue weighted by molar-refractivity contribution is 0.0690. The minimum absolute atomic E-state index is 0.133. The highest BCUT2D eigenvalue weighted by molar-refractivity contribution is 6.09. The molecule has 0 radical (unpaired) electrons. The molecule has 4 nitrogen and oxygen atoms in total. The molecule has 1 heterocycles. The Morgan fingerprint density at radius 1 is 1.00 bits per heavy atom. The number of carbonyl (C=O) groups is 2. The molecule has 0 aliphatic carbocycles. The van der Waals surface area contributed by atoms with Crippen LogP contribution in [-0.4, -0.2) is 21.8 Å². The van der Waals surface area contributed by atoms with Crippen LogP contribution in [0.25, 0.3) is 0 Å². The molecule has 2 aromatic rings. The van der Waals surface area contributed by atoms with Crippen molar-refractivity contribution in [1.82, 2.24) is 4.98 Å². The summed E-state index contributed by atoms with van der Waals surface area (Å²) in [6.07, 6.45) is 1.32. The van der Waals surface area contributed by atoms with Crippen molar-refractivity contribution in [2.24, 2.45) is 0 Å². The third kappa shape index (κ3) is 2.36. The van der Waals surface area contributed by atoms with E-state index < -0.39 is 5.97 Å². The Balaban J connectivity index is 2.38. The van der Waals surface area contributed by atoms with Gasteiger partial charge in [0.2, 0.25) is 0 Å². The Morgan fingerprint density at radius 3 is 2.35 bits per heavy atom. The highest BCUT2D eigenvalue weighted by atomic mass is 16.4. The molecule has 84 valence electrons. The predicted octanol–water partition coefficient (Wildman–Crippen LogP) is 2.01. The lowest BCUT2D eigenvalue weighted by Gasteiger charge is -2.01. The van der Waals surface area contributed by atoms with Crippen LogP contribution in [0.4, 0.5) is 0 Å². The van der Waals surface area contributed by atoms with Gasteiger partial charge < -0.3 is 5.11 Å². The molecule has 17 heavy (non-hydrogen) atoms. The van der Waals surface area contributed by atoms with Gasteiger partial charge in [-0.1, -0.05) is 30.3 Å². The van der Waals surface area contributed by atoms with E-state index in [0.717, 1.165) is 0 Å². The van der Waals surface area contributed by atoms with Gasteiger partial charge in [-0.25, -0.2) is 9.78 Å². The number of carboxylic acid groups (broad SMARTS) is 1. The number of nitrogens with zero attached hydrogens (tertiary/aromatic N) is 1. The molecule has 2 rings (SSSR count). The third-order valence-corrected chi connectivity index (χ3v) is 2.28. The van der Waals surface area contributed by atoms with Crippen molar-refractivity contribution in [2.45, 2.75) is 0 Å². The van der Waals surface area contributed by atoms with Gasteiger partial charge in [0.05, 0.1) is 0 Å². The molecule has 0 spiro atoms. The molecule has 1 N–H and O–H groups in total. The second kappa shape index (κ2) is 4.57. The summed E-state index contributed by atoms with van der Waals surface area (Å²) in [5.74, 6) is -1.36. The first kappa shape index (κ1) is 11.0. The molecule has 0 aliphatic heterocycles. The number of ketones is 1. The number of aromatic nitrogens is 1. The number of aromatic carboxylic acids is 1. The van der Waals surface area contributed by atoms with Gasteiger partial charge in [0.1, 0.15) is 5.69 Å². The number of benzene rings is 1. The summed E-state index contributed by atoms with van der Waals surface area (Å²) < 4.78 is 0. The maximum absolute atomic E-state index is 12.0. The zero-order chi connectivity index (χ0) is 12.3. The average Bonchev–Trinajstić information content (AvgIpc) is 2.39. The van der Waals surface area contributed by atoms with E-state index >= 15 is 0 Å². The van der Waals surface area contributed by atoms with Crippen LogP contribution in [0.15, 0.2) is 48.7 Å². The Labute approximate surface area is 97.6 Å². The van der Waals surface area contributed by atoms with E-state index in [0.29, 0.717) is 11.1 Å². The zero-order valence-electron chi connectivity index (χ0n) is 8.83. The number of hydrogen-bond acceptors (Lipinski definition) is 3. The van der Waals surface area contributed by atoms with Gasteiger partial charge in [0.25, 0.3) is 0 Å². The average molecular weight is 227 g/mol. The van der Waals surface area contributed by atoms with Crippen LogP contribution in [0.2, 0.25) is 0 Å². The Hall–Kier alpha value is -2.49. The van der Waals surface area contributed by atoms with Crippen LogP contribution in [0.1, 0.15) is 26.4 Å². The first-order chi connectivity index (χ1) is 8.18. The topological polar surface area (TPSA) is 67.3 Å². The lowest BCUT2D eigenvalue weighted by Crippen LogP contribution is -2.05. The van der Waals surface area contributed by atoms with Crippen LogP contribution in [0, 0.1) is 0 Å². The van der Waals surface area contributed by atoms with Gasteiger partial charge in [-0.05, 0) is 12.1 Å². The molecule has 4 heteroatoms. The van der Waals surface area contributed by atoms with Crippen molar-refractivity contribution in [1.29, 1.82) is 0 Å². The molecule has 1 aromatic heterocycles. The molecule has 0 fully saturated rings. The van der Waals surface area contributed by atoms with E-state index in [1.165, 1.54) is 18.3 Å². The van der Waals surface area contributed by atoms with Gasteiger partial charge in [-0.3, -0.25) is 4.79 Å². The Morgan fingerprint density at radius 2 is 1.71 bits per heavy atom. The molecule has 0 saturated carbocycles. The van der Waals surface area contributed by atoms with Crippen LogP contribution in [0.5, 0.6) is 0 Å². The Bertz CT molecular complexity index is 564. The standard InChI is InChI=1S/C13H9NO3/c15-12(9-4-2-1-3-5-9)10-6-7-14-11(8-10)13(16)17/h1-8H,(H,16,17). The largest absolute Gasteiger partial charge is 0.477 e. The van der Waals surface area contributed by atoms with Crippen molar-refractivity contribution in [3.8, 4) is 0 Å². The lowest BCUT2D eigenvalue weighted by atomic mass is 10.0. The van der Waals surface area contributed by atoms with E-state index in [9.17, 15) is 9.59 Å². The van der Waals surface area contributed by atoms with Crippen molar-refractivity contribution in [3.05, 3.63) is 65.5 Å². The normalized spacial score (nSPS) is 9.88. The maximum Gasteiger partial charge on any atom is 0.354 e. The fraction of sp³-hybridized carbons (Fsp3) is 0. The summed E-state index contributed by atoms with van der Waals surface area (Å²) in [6, 6.07) is 11.5. The molecule has 0 aliphatic rings. The SMILES string of the molecule is O=C(c1ccccc1)c1ccnc(C(=O)O)c1. The number of pyridine rings is 1. The molecule has 0 unspecified atom stereocenters. The summed E-state index contributed by atoms with van der Waals surface area (Å²) in [5.41, 5.74) is 0.713. The van der Waals surface area contributed by atoms with E-state index in [4.69, 9.17) is 5.11 Å². The van der Waals surface area contributed by atoms with Crippen molar-refractivity contribution in [3.63, 3.8) is 0 Å². The van der Waals surface area contributed by atoms with E-state index in [1.807, 2.05) is 6.07 Å². The highest BCUT2D eigenvalue weighted by Gasteiger charge is 2.11. The maximum atomic E-state index is 12.0. The van der Waals surface area contributed by atoms with Crippen LogP contribution < -0.4 is 0 Å². The van der Waals surface area contributed by atoms with Crippen molar-refractivity contribution < 1.29 is 14.7 Å². The van der Waals surface area contributed by atoms with Crippen molar-refractivity contribution in [2.75, 3.05) is 0 Å². The van der Waals surface area contributed by atoms with Gasteiger partial charge in [0.15, 0.2) is 5.78 Å². The second-order valence-corrected chi connectivity index (χ2v) is 3.43. The van der Waals surface area contributed by atoms with E-state index in [-0.39, 0.29) is 11.5 Å². The molecular formula is C13H9NO3. The summed E-state index contributed by atoms with van der Waals surface area (Å²) >= 11 is 0. The molecule has 0 atom stereocenters. The number of rotatable bonds is 3. The van der Waals surface area contributed by atoms with Crippen LogP contribution in [0.3, 0.4) is 0 Å². The van der Waals surface area contributed by atoms with Crippen LogP contribution >= 0.6 is 0 Å². The van der Waals surface area contributed by atoms with Gasteiger partial charge in [-0.15, -0.1) is 0 Å². The number of hydrogen-bond donors (Lipinski definition) is 1. The van der Waals surface area contributed by atoms with Gasteiger partial charge in [0, 0.05) is 17.3 Å². The monoisotopic (exact) mass is 227 g/mol. The first-order valence-electron chi connectivity index (χ1n) is 4.97. The van der Waals surface area contributed by atoms with Gasteiger partial charge in [-0.2, -0.15) is 0 Å². The number of carbonyl (C=O) groups excluding carboxylic acids is 1. The Kier molecular flexibility index (Phi) is 2.96. The number of carboxylic acids is 1. The summed E-state index contributed by atoms with van der Waals surface area (Å²) in [7, 11) is 0. The summed E-state index contributed by atoms with van der Waals surface area (Å²) in [5, 5.41) is 8.79. The molecule has 1 aromatic carbocycles. The first-order valence-corrected chi connectivity index (χ1v) is 4.97. The summed E-state index contributed by atoms with van der Waals surface area (Å²) in [4.78, 5) is 26.4. The fourth-order valence-electron chi connectivity index (χ4n) is 1.44. The quantitative estimate of drug-likeness (QED) is 0.814. The molecular weight excluding hydrogens is 218 g/mol. The second-order valence-electron chi connectivity index (χ2n) is 3.43. The fourth-order valence-corrected chi connectivity index (χ4v) is 1.44. The van der Waals surface area contributed by atoms with Gasteiger partial charge >= 0.3 is 5.97 Å². The molecule has 0 saturated heterocycles. The third-order valence-electron chi connectivity index (χ3n) is 2.28. The minimum Gasteiger partial charge on any atom is -0.477 e. The minimum atomic E-state index is -1.15. The van der Waals surface area contributed by atoms with E-state index in [1.54, 1.807) is 24.3 Å². The molecule has 0 amide bonds. The smallest absolute Gasteiger partial charge is 0.354 e. The highest BCUT2D eigenvalue weighted by Crippen LogP contribution is 2.10. The van der Waals surface area contributed by atoms with Crippen LogP contribution in [-0.2, 0) is 0 Å². The van der Waals surface area contributed by atoms with E-state index in [2.05, 4.69) is 4.98 Å². The zero-order valence-corrected chi connectivity index (χ0v) is 8.83. The molecule has 0 bridgehead atoms. The summed E-state index contributed by atoms with van der Waals surface area (Å²) in [6.45, 7) is 0. The predicted molar refractivity (Wildman–Crippen MR) is 61.1 cm³/mol. The van der Waals surface area contributed by atoms with Crippen molar-refractivity contribution >= 4 is 11.8 Å².